The maximum Gasteiger partial charge on any atom is 0.259 e. The fourth-order valence-electron chi connectivity index (χ4n) is 4.33. The van der Waals surface area contributed by atoms with Gasteiger partial charge < -0.3 is 14.3 Å². The van der Waals surface area contributed by atoms with Gasteiger partial charge in [-0.3, -0.25) is 4.79 Å². The van der Waals surface area contributed by atoms with Gasteiger partial charge in [0.2, 0.25) is 0 Å². The van der Waals surface area contributed by atoms with Crippen molar-refractivity contribution in [1.29, 1.82) is 0 Å². The molecule has 0 spiro atoms. The zero-order valence-electron chi connectivity index (χ0n) is 17.1. The Bertz CT molecular complexity index is 905. The summed E-state index contributed by atoms with van der Waals surface area (Å²) in [4.78, 5) is 16.5. The number of benzene rings is 2. The van der Waals surface area contributed by atoms with Crippen molar-refractivity contribution < 1.29 is 14.2 Å². The van der Waals surface area contributed by atoms with Crippen LogP contribution in [0.4, 0.5) is 0 Å². The molecule has 5 nitrogen and oxygen atoms in total. The molecular weight excluding hydrogens is 362 g/mol. The molecule has 1 aliphatic heterocycles. The highest BCUT2D eigenvalue weighted by atomic mass is 16.5. The predicted molar refractivity (Wildman–Crippen MR) is 112 cm³/mol. The predicted octanol–water partition coefficient (Wildman–Crippen LogP) is 2.68. The van der Waals surface area contributed by atoms with Crippen LogP contribution in [0.15, 0.2) is 65.2 Å². The summed E-state index contributed by atoms with van der Waals surface area (Å²) in [6.45, 7) is 7.11. The standard InChI is InChI=1S/C24H27N3O2/c1-3-21-22(18(2)29-25-21)24(28)27-16-14-26(15-17-27)23(19-10-6-4-7-11-19)20-12-8-5-9-13-20/h4-13,23H,3,14-17H2,1-2H3/p+1. The first-order valence-corrected chi connectivity index (χ1v) is 10.4. The highest BCUT2D eigenvalue weighted by molar-refractivity contribution is 5.96. The molecule has 0 aliphatic carbocycles. The van der Waals surface area contributed by atoms with Crippen LogP contribution in [0.2, 0.25) is 0 Å². The minimum Gasteiger partial charge on any atom is -0.361 e. The van der Waals surface area contributed by atoms with Crippen molar-refractivity contribution in [3.05, 3.63) is 88.8 Å². The zero-order chi connectivity index (χ0) is 20.2. The largest absolute Gasteiger partial charge is 0.361 e. The number of piperazine rings is 1. The summed E-state index contributed by atoms with van der Waals surface area (Å²) in [5.74, 6) is 0.670. The summed E-state index contributed by atoms with van der Waals surface area (Å²) in [6.07, 6.45) is 0.702. The van der Waals surface area contributed by atoms with Crippen molar-refractivity contribution in [3.8, 4) is 0 Å². The lowest BCUT2D eigenvalue weighted by molar-refractivity contribution is -0.929. The molecule has 150 valence electrons. The van der Waals surface area contributed by atoms with Crippen molar-refractivity contribution in [3.63, 3.8) is 0 Å². The molecule has 29 heavy (non-hydrogen) atoms. The summed E-state index contributed by atoms with van der Waals surface area (Å²) in [6, 6.07) is 21.6. The second-order valence-corrected chi connectivity index (χ2v) is 7.62. The second kappa shape index (κ2) is 8.62. The number of rotatable bonds is 5. The van der Waals surface area contributed by atoms with E-state index in [9.17, 15) is 4.79 Å². The van der Waals surface area contributed by atoms with E-state index in [4.69, 9.17) is 4.52 Å². The molecule has 0 saturated carbocycles. The van der Waals surface area contributed by atoms with Gasteiger partial charge in [-0.25, -0.2) is 0 Å². The monoisotopic (exact) mass is 390 g/mol. The molecule has 1 aromatic heterocycles. The van der Waals surface area contributed by atoms with Crippen LogP contribution in [-0.4, -0.2) is 42.1 Å². The number of hydrogen-bond donors (Lipinski definition) is 1. The van der Waals surface area contributed by atoms with E-state index < -0.39 is 0 Å². The lowest BCUT2D eigenvalue weighted by Gasteiger charge is -2.37. The summed E-state index contributed by atoms with van der Waals surface area (Å²) in [5.41, 5.74) is 4.04. The van der Waals surface area contributed by atoms with E-state index in [2.05, 4.69) is 65.8 Å². The van der Waals surface area contributed by atoms with E-state index >= 15 is 0 Å². The van der Waals surface area contributed by atoms with E-state index in [0.717, 1.165) is 31.9 Å². The number of carbonyl (C=O) groups excluding carboxylic acids is 1. The third-order valence-electron chi connectivity index (χ3n) is 5.85. The molecular formula is C24H28N3O2+. The SMILES string of the molecule is CCc1noc(C)c1C(=O)N1CC[NH+](C(c2ccccc2)c2ccccc2)CC1. The minimum atomic E-state index is 0.0515. The van der Waals surface area contributed by atoms with Crippen LogP contribution in [0.3, 0.4) is 0 Å². The minimum absolute atomic E-state index is 0.0515. The van der Waals surface area contributed by atoms with E-state index in [1.165, 1.54) is 16.0 Å². The Morgan fingerprint density at radius 1 is 1.03 bits per heavy atom. The van der Waals surface area contributed by atoms with Crippen molar-refractivity contribution in [2.24, 2.45) is 0 Å². The number of carbonyl (C=O) groups is 1. The topological polar surface area (TPSA) is 50.8 Å². The lowest BCUT2D eigenvalue weighted by atomic mass is 9.96. The first kappa shape index (κ1) is 19.4. The van der Waals surface area contributed by atoms with Crippen LogP contribution >= 0.6 is 0 Å². The highest BCUT2D eigenvalue weighted by Gasteiger charge is 2.33. The van der Waals surface area contributed by atoms with Gasteiger partial charge in [0.15, 0.2) is 0 Å². The Morgan fingerprint density at radius 3 is 2.10 bits per heavy atom. The molecule has 2 heterocycles. The fraction of sp³-hybridized carbons (Fsp3) is 0.333. The van der Waals surface area contributed by atoms with Crippen molar-refractivity contribution in [2.45, 2.75) is 26.3 Å². The van der Waals surface area contributed by atoms with Crippen LogP contribution in [-0.2, 0) is 6.42 Å². The van der Waals surface area contributed by atoms with Crippen molar-refractivity contribution in [2.75, 3.05) is 26.2 Å². The van der Waals surface area contributed by atoms with E-state index in [-0.39, 0.29) is 11.9 Å². The zero-order valence-corrected chi connectivity index (χ0v) is 17.1. The average molecular weight is 391 g/mol. The van der Waals surface area contributed by atoms with Gasteiger partial charge in [0.05, 0.1) is 31.9 Å². The van der Waals surface area contributed by atoms with E-state index in [0.29, 0.717) is 17.7 Å². The number of quaternary nitrogens is 1. The van der Waals surface area contributed by atoms with Gasteiger partial charge in [0, 0.05) is 11.1 Å². The number of amides is 1. The van der Waals surface area contributed by atoms with Crippen molar-refractivity contribution in [1.82, 2.24) is 10.1 Å². The normalized spacial score (nSPS) is 15.1. The third kappa shape index (κ3) is 3.96. The van der Waals surface area contributed by atoms with E-state index in [1.807, 2.05) is 18.7 Å². The Kier molecular flexibility index (Phi) is 5.76. The molecule has 0 bridgehead atoms. The average Bonchev–Trinajstić information content (AvgIpc) is 3.16. The molecule has 1 N–H and O–H groups in total. The summed E-state index contributed by atoms with van der Waals surface area (Å²) in [5, 5.41) is 4.04. The van der Waals surface area contributed by atoms with Gasteiger partial charge >= 0.3 is 0 Å². The molecule has 5 heteroatoms. The molecule has 3 aromatic rings. The summed E-state index contributed by atoms with van der Waals surface area (Å²) >= 11 is 0. The third-order valence-corrected chi connectivity index (χ3v) is 5.85. The summed E-state index contributed by atoms with van der Waals surface area (Å²) in [7, 11) is 0. The second-order valence-electron chi connectivity index (χ2n) is 7.62. The molecule has 1 aliphatic rings. The molecule has 1 fully saturated rings. The summed E-state index contributed by atoms with van der Waals surface area (Å²) < 4.78 is 5.27. The van der Waals surface area contributed by atoms with Gasteiger partial charge in [0.1, 0.15) is 17.4 Å². The lowest BCUT2D eigenvalue weighted by Crippen LogP contribution is -3.15. The number of aryl methyl sites for hydroxylation is 2. The first-order valence-electron chi connectivity index (χ1n) is 10.4. The molecule has 0 radical (unpaired) electrons. The van der Waals surface area contributed by atoms with E-state index in [1.54, 1.807) is 0 Å². The molecule has 4 rings (SSSR count). The van der Waals surface area contributed by atoms with Gasteiger partial charge in [-0.1, -0.05) is 72.7 Å². The molecule has 1 saturated heterocycles. The quantitative estimate of drug-likeness (QED) is 0.729. The molecule has 2 aromatic carbocycles. The maximum absolute atomic E-state index is 13.1. The Hall–Kier alpha value is -2.92. The number of nitrogens with one attached hydrogen (secondary N) is 1. The molecule has 0 unspecified atom stereocenters. The fourth-order valence-corrected chi connectivity index (χ4v) is 4.33. The van der Waals surface area contributed by atoms with Crippen molar-refractivity contribution >= 4 is 5.91 Å². The Morgan fingerprint density at radius 2 is 1.59 bits per heavy atom. The van der Waals surface area contributed by atoms with Crippen LogP contribution in [0.5, 0.6) is 0 Å². The molecule has 1 amide bonds. The van der Waals surface area contributed by atoms with Gasteiger partial charge in [0.25, 0.3) is 5.91 Å². The van der Waals surface area contributed by atoms with Gasteiger partial charge in [-0.15, -0.1) is 0 Å². The Balaban J connectivity index is 1.53. The van der Waals surface area contributed by atoms with Gasteiger partial charge in [-0.2, -0.15) is 0 Å². The van der Waals surface area contributed by atoms with Crippen LogP contribution in [0.1, 0.15) is 45.9 Å². The Labute approximate surface area is 171 Å². The number of nitrogens with zero attached hydrogens (tertiary/aromatic N) is 2. The van der Waals surface area contributed by atoms with Crippen LogP contribution < -0.4 is 4.90 Å². The maximum atomic E-state index is 13.1. The number of aromatic nitrogens is 1. The van der Waals surface area contributed by atoms with Gasteiger partial charge in [-0.05, 0) is 13.3 Å². The molecule has 0 atom stereocenters. The first-order chi connectivity index (χ1) is 14.2. The highest BCUT2D eigenvalue weighted by Crippen LogP contribution is 2.20. The van der Waals surface area contributed by atoms with Crippen LogP contribution in [0, 0.1) is 6.92 Å². The number of hydrogen-bond acceptors (Lipinski definition) is 3. The smallest absolute Gasteiger partial charge is 0.259 e. The van der Waals surface area contributed by atoms with Crippen LogP contribution in [0.25, 0.3) is 0 Å².